The maximum absolute atomic E-state index is 16.0. The highest BCUT2D eigenvalue weighted by atomic mass is 32.2. The molecule has 27 heteroatoms. The number of piperazine rings is 1. The second-order valence-electron chi connectivity index (χ2n) is 20.4. The number of amides is 4. The maximum Gasteiger partial charge on any atom is 0.407 e. The second-order valence-corrected chi connectivity index (χ2v) is 22.3. The largest absolute Gasteiger partial charge is 0.465 e. The van der Waals surface area contributed by atoms with Crippen LogP contribution in [0.4, 0.5) is 46.1 Å². The number of benzene rings is 2. The summed E-state index contributed by atoms with van der Waals surface area (Å²) in [5.74, 6) is 1.56. The SMILES string of the molecule is COC(=O)N[C@H](C(=O)N[C@@H](Cc1ccc(C#Cc2ccc(N3CC4CCC(C3)N4S(C)(=O)=O)nc2)cc1)[C@@H](O)CN(Cc1c(F)cc(-c2ccn(C(F)F)n2)cc1F)NC(=O)[C@@H](NC(=O)O)C(C)(C)C)C(C)(C)C(F)(F)F. The Morgan fingerprint density at radius 2 is 1.47 bits per heavy atom. The molecule has 0 spiro atoms. The van der Waals surface area contributed by atoms with Crippen LogP contribution < -0.4 is 26.3 Å². The van der Waals surface area contributed by atoms with Crippen molar-refractivity contribution in [2.45, 2.75) is 109 Å². The van der Waals surface area contributed by atoms with Crippen molar-refractivity contribution < 1.29 is 73.3 Å². The van der Waals surface area contributed by atoms with Gasteiger partial charge < -0.3 is 35.8 Å². The Morgan fingerprint density at radius 1 is 0.870 bits per heavy atom. The van der Waals surface area contributed by atoms with Gasteiger partial charge in [-0.15, -0.1) is 0 Å². The molecule has 2 aromatic carbocycles. The number of pyridine rings is 1. The molecular formula is C50H59F7N10O9S. The third kappa shape index (κ3) is 14.7. The van der Waals surface area contributed by atoms with Crippen molar-refractivity contribution in [2.75, 3.05) is 37.9 Å². The lowest BCUT2D eigenvalue weighted by Crippen LogP contribution is -2.63. The van der Waals surface area contributed by atoms with Crippen LogP contribution in [0.1, 0.15) is 76.3 Å². The molecule has 2 fully saturated rings. The minimum atomic E-state index is -5.11. The summed E-state index contributed by atoms with van der Waals surface area (Å²) in [6.07, 6.45) is -5.32. The second kappa shape index (κ2) is 23.7. The summed E-state index contributed by atoms with van der Waals surface area (Å²) in [6.45, 7) is 1.89. The molecule has 418 valence electrons. The molecule has 6 rings (SSSR count). The smallest absolute Gasteiger partial charge is 0.407 e. The number of methoxy groups -OCH3 is 1. The van der Waals surface area contributed by atoms with Crippen molar-refractivity contribution >= 4 is 39.8 Å². The van der Waals surface area contributed by atoms with Gasteiger partial charge in [0.1, 0.15) is 29.5 Å². The van der Waals surface area contributed by atoms with Gasteiger partial charge in [0, 0.05) is 72.9 Å². The van der Waals surface area contributed by atoms with Crippen molar-refractivity contribution in [3.63, 3.8) is 0 Å². The zero-order chi connectivity index (χ0) is 56.9. The maximum atomic E-state index is 16.0. The number of sulfonamides is 1. The molecule has 4 amide bonds. The van der Waals surface area contributed by atoms with Gasteiger partial charge in [-0.05, 0) is 86.6 Å². The predicted octanol–water partition coefficient (Wildman–Crippen LogP) is 5.55. The lowest BCUT2D eigenvalue weighted by molar-refractivity contribution is -0.220. The van der Waals surface area contributed by atoms with Crippen LogP contribution in [0.15, 0.2) is 67.0 Å². The summed E-state index contributed by atoms with van der Waals surface area (Å²) in [5, 5.41) is 32.4. The quantitative estimate of drug-likeness (QED) is 0.0408. The van der Waals surface area contributed by atoms with E-state index in [9.17, 15) is 59.8 Å². The molecule has 77 heavy (non-hydrogen) atoms. The predicted molar refractivity (Wildman–Crippen MR) is 265 cm³/mol. The van der Waals surface area contributed by atoms with E-state index >= 15 is 8.78 Å². The monoisotopic (exact) mass is 1110 g/mol. The molecule has 0 aliphatic carbocycles. The Labute approximate surface area is 439 Å². The van der Waals surface area contributed by atoms with Crippen LogP contribution in [0.3, 0.4) is 0 Å². The zero-order valence-corrected chi connectivity index (χ0v) is 43.6. The standard InChI is InChI=1S/C50H59F7N10O9S/c1-48(2,3)41(60-46(71)72)44(70)63-65(26-34-35(51)21-31(22-36(34)52)37-18-19-66(62-37)45(53)54)27-39(68)38(59-43(69)42(61-47(73)76-6)49(4,5)50(55,56)57)20-29-11-8-28(9-12-29)10-13-30-14-17-40(58-23-30)64-24-32-15-16-33(25-64)67(32)77(7,74)75/h8-9,11-12,14,17-19,21-23,32-33,38-39,41-42,45,60,68H,15-16,20,24-27H2,1-7H3,(H,59,69)(H,61,73)(H,63,70)(H,71,72)/t32?,33?,38-,39-,41+,42+/m0/s1. The number of hydrogen-bond acceptors (Lipinski definition) is 12. The topological polar surface area (TPSA) is 241 Å². The molecule has 2 aromatic heterocycles. The van der Waals surface area contributed by atoms with Crippen LogP contribution in [-0.4, -0.2) is 142 Å². The van der Waals surface area contributed by atoms with Crippen LogP contribution in [-0.2, 0) is 37.3 Å². The Kier molecular flexibility index (Phi) is 18.2. The number of carbonyl (C=O) groups excluding carboxylic acids is 3. The minimum Gasteiger partial charge on any atom is -0.465 e. The van der Waals surface area contributed by atoms with E-state index in [2.05, 4.69) is 42.7 Å². The van der Waals surface area contributed by atoms with Crippen LogP contribution in [0.25, 0.3) is 11.3 Å². The van der Waals surface area contributed by atoms with E-state index in [1.165, 1.54) is 39.2 Å². The summed E-state index contributed by atoms with van der Waals surface area (Å²) in [7, 11) is -2.50. The summed E-state index contributed by atoms with van der Waals surface area (Å²) in [5.41, 5.74) is -1.64. The van der Waals surface area contributed by atoms with Crippen LogP contribution in [0.2, 0.25) is 0 Å². The Balaban J connectivity index is 1.30. The van der Waals surface area contributed by atoms with Crippen molar-refractivity contribution in [1.82, 2.24) is 45.5 Å². The number of ether oxygens (including phenoxy) is 1. The fraction of sp³-hybridized carbons (Fsp3) is 0.480. The summed E-state index contributed by atoms with van der Waals surface area (Å²) >= 11 is 0. The summed E-state index contributed by atoms with van der Waals surface area (Å²) < 4.78 is 133. The summed E-state index contributed by atoms with van der Waals surface area (Å²) in [6, 6.07) is 6.52. The normalized spacial score (nSPS) is 17.7. The molecule has 19 nitrogen and oxygen atoms in total. The first-order chi connectivity index (χ1) is 35.9. The van der Waals surface area contributed by atoms with Gasteiger partial charge in [0.25, 0.3) is 5.91 Å². The number of alkyl halides is 5. The lowest BCUT2D eigenvalue weighted by atomic mass is 9.82. The third-order valence-electron chi connectivity index (χ3n) is 13.3. The fourth-order valence-electron chi connectivity index (χ4n) is 9.04. The van der Waals surface area contributed by atoms with Crippen LogP contribution in [0, 0.1) is 34.3 Å². The van der Waals surface area contributed by atoms with E-state index in [1.807, 2.05) is 10.2 Å². The first-order valence-corrected chi connectivity index (χ1v) is 25.8. The Hall–Kier alpha value is -7.02. The number of carboxylic acid groups (broad SMARTS) is 1. The molecule has 0 saturated carbocycles. The van der Waals surface area contributed by atoms with Crippen LogP contribution in [0.5, 0.6) is 0 Å². The minimum absolute atomic E-state index is 0.152. The molecule has 0 radical (unpaired) electrons. The van der Waals surface area contributed by atoms with Gasteiger partial charge in [-0.3, -0.25) is 15.0 Å². The molecule has 2 aliphatic heterocycles. The number of hydrazine groups is 1. The van der Waals surface area contributed by atoms with Crippen molar-refractivity contribution in [3.8, 4) is 23.1 Å². The van der Waals surface area contributed by atoms with Gasteiger partial charge in [-0.2, -0.15) is 31.4 Å². The van der Waals surface area contributed by atoms with Crippen molar-refractivity contribution in [1.29, 1.82) is 0 Å². The first-order valence-electron chi connectivity index (χ1n) is 23.9. The average Bonchev–Trinajstić information content (AvgIpc) is 3.96. The van der Waals surface area contributed by atoms with Gasteiger partial charge in [-0.1, -0.05) is 44.7 Å². The summed E-state index contributed by atoms with van der Waals surface area (Å²) in [4.78, 5) is 58.7. The highest BCUT2D eigenvalue weighted by Gasteiger charge is 2.56. The molecule has 4 heterocycles. The highest BCUT2D eigenvalue weighted by Crippen LogP contribution is 2.41. The first kappa shape index (κ1) is 59.2. The number of hydrogen-bond donors (Lipinski definition) is 6. The van der Waals surface area contributed by atoms with E-state index in [0.29, 0.717) is 49.4 Å². The number of nitrogens with one attached hydrogen (secondary N) is 4. The van der Waals surface area contributed by atoms with E-state index in [1.54, 1.807) is 34.8 Å². The molecule has 6 N–H and O–H groups in total. The van der Waals surface area contributed by atoms with Gasteiger partial charge in [0.15, 0.2) is 0 Å². The number of alkyl carbamates (subject to hydrolysis) is 1. The Bertz CT molecular complexity index is 2930. The van der Waals surface area contributed by atoms with Crippen molar-refractivity contribution in [2.24, 2.45) is 10.8 Å². The molecular weight excluding hydrogens is 1050 g/mol. The number of halogens is 7. The molecule has 2 bridgehead atoms. The number of fused-ring (bicyclic) bond motifs is 2. The number of aliphatic hydroxyl groups excluding tert-OH is 1. The van der Waals surface area contributed by atoms with Crippen molar-refractivity contribution in [3.05, 3.63) is 101 Å². The molecule has 2 saturated heterocycles. The molecule has 2 unspecified atom stereocenters. The van der Waals surface area contributed by atoms with E-state index in [0.717, 1.165) is 49.4 Å². The van der Waals surface area contributed by atoms with E-state index < -0.39 is 112 Å². The molecule has 6 atom stereocenters. The third-order valence-corrected chi connectivity index (χ3v) is 14.6. The van der Waals surface area contributed by atoms with E-state index in [4.69, 9.17) is 0 Å². The fourth-order valence-corrected chi connectivity index (χ4v) is 10.5. The molecule has 2 aliphatic rings. The number of aliphatic hydroxyl groups is 1. The number of aromatic nitrogens is 3. The van der Waals surface area contributed by atoms with Gasteiger partial charge in [0.05, 0.1) is 36.6 Å². The van der Waals surface area contributed by atoms with Crippen LogP contribution >= 0.6 is 0 Å². The highest BCUT2D eigenvalue weighted by molar-refractivity contribution is 7.88. The number of anilines is 1. The van der Waals surface area contributed by atoms with Gasteiger partial charge in [0.2, 0.25) is 15.9 Å². The molecule has 4 aromatic rings. The van der Waals surface area contributed by atoms with E-state index in [-0.39, 0.29) is 34.4 Å². The number of nitrogens with zero attached hydrogens (tertiary/aromatic N) is 6. The average molecular weight is 1110 g/mol. The lowest BCUT2D eigenvalue weighted by Gasteiger charge is -2.40. The zero-order valence-electron chi connectivity index (χ0n) is 42.8. The number of carbonyl (C=O) groups is 4. The Morgan fingerprint density at radius 3 is 1.97 bits per heavy atom. The van der Waals surface area contributed by atoms with Gasteiger partial charge >= 0.3 is 24.9 Å². The number of rotatable bonds is 18. The van der Waals surface area contributed by atoms with Gasteiger partial charge in [-0.25, -0.2) is 41.5 Å².